The second-order valence-corrected chi connectivity index (χ2v) is 24.6. The van der Waals surface area contributed by atoms with E-state index in [-0.39, 0.29) is 23.3 Å². The highest BCUT2D eigenvalue weighted by Gasteiger charge is 2.48. The molecular formula is C90H60F4N2O2. The molecule has 1 unspecified atom stereocenters. The van der Waals surface area contributed by atoms with Crippen LogP contribution < -0.4 is 19.3 Å². The van der Waals surface area contributed by atoms with E-state index in [1.165, 1.54) is 48.5 Å². The molecule has 14 aromatic rings. The minimum Gasteiger partial charge on any atom is -0.457 e. The van der Waals surface area contributed by atoms with Gasteiger partial charge < -0.3 is 19.3 Å². The molecule has 2 aliphatic carbocycles. The Balaban J connectivity index is 0.765. The summed E-state index contributed by atoms with van der Waals surface area (Å²) in [6.45, 7) is 7.76. The third-order valence-corrected chi connectivity index (χ3v) is 19.1. The van der Waals surface area contributed by atoms with Gasteiger partial charge in [-0.05, 0) is 247 Å². The van der Waals surface area contributed by atoms with E-state index in [0.29, 0.717) is 34.4 Å². The van der Waals surface area contributed by atoms with Gasteiger partial charge >= 0.3 is 0 Å². The lowest BCUT2D eigenvalue weighted by Crippen LogP contribution is -2.29. The Kier molecular flexibility index (Phi) is 15.4. The third-order valence-electron chi connectivity index (χ3n) is 19.1. The molecule has 0 saturated heterocycles. The zero-order valence-electron chi connectivity index (χ0n) is 53.0. The summed E-state index contributed by atoms with van der Waals surface area (Å²) >= 11 is 0. The molecule has 16 rings (SSSR count). The molecule has 8 heteroatoms. The molecule has 0 amide bonds. The van der Waals surface area contributed by atoms with Gasteiger partial charge in [-0.1, -0.05) is 195 Å². The first-order valence-electron chi connectivity index (χ1n) is 32.4. The lowest BCUT2D eigenvalue weighted by Gasteiger charge is -2.35. The van der Waals surface area contributed by atoms with E-state index in [2.05, 4.69) is 132 Å². The lowest BCUT2D eigenvalue weighted by molar-refractivity contribution is 0.482. The molecule has 0 radical (unpaired) electrons. The standard InChI is InChI=1S/C90H60F4N2O2/c1-3-59-19-45-77(46-20-59)97-79-49-31-65(32-50-79)89(63-27-35-67(91)36-28-63)85-17-7-5-15-81(85)83-53-43-75(57-87(83)89)95(73-13-9-11-69(93)55-73)71-39-23-61(24-40-71)62-25-41-72(42-26-62)96(74-14-10-12-70(94)56-74)76-44-54-84-82-16-6-8-18-86(82)90(88(84)58-76,64-29-37-68(92)38-30-64)66-33-51-80(52-34-66)98-78-47-21-60(4-2)22-48-78/h3-58H,1-2H2/t89-,90?/m0/s1. The summed E-state index contributed by atoms with van der Waals surface area (Å²) in [4.78, 5) is 4.13. The smallest absolute Gasteiger partial charge is 0.127 e. The van der Waals surface area contributed by atoms with Gasteiger partial charge in [-0.2, -0.15) is 0 Å². The zero-order valence-corrected chi connectivity index (χ0v) is 53.0. The van der Waals surface area contributed by atoms with E-state index in [1.807, 2.05) is 158 Å². The van der Waals surface area contributed by atoms with Gasteiger partial charge in [0.15, 0.2) is 0 Å². The highest BCUT2D eigenvalue weighted by Crippen LogP contribution is 2.60. The molecule has 0 aromatic heterocycles. The largest absolute Gasteiger partial charge is 0.457 e. The van der Waals surface area contributed by atoms with Gasteiger partial charge in [0.2, 0.25) is 0 Å². The fourth-order valence-electron chi connectivity index (χ4n) is 14.7. The fourth-order valence-corrected chi connectivity index (χ4v) is 14.7. The molecule has 470 valence electrons. The number of nitrogens with zero attached hydrogens (tertiary/aromatic N) is 2. The number of rotatable bonds is 17. The summed E-state index contributed by atoms with van der Waals surface area (Å²) in [6, 6.07) is 104. The fraction of sp³-hybridized carbons (Fsp3) is 0.0222. The van der Waals surface area contributed by atoms with E-state index in [9.17, 15) is 0 Å². The van der Waals surface area contributed by atoms with Crippen LogP contribution in [0.2, 0.25) is 0 Å². The first-order valence-corrected chi connectivity index (χ1v) is 32.4. The van der Waals surface area contributed by atoms with Crippen molar-refractivity contribution in [2.24, 2.45) is 0 Å². The van der Waals surface area contributed by atoms with E-state index >= 15 is 17.6 Å². The maximum atomic E-state index is 15.6. The van der Waals surface area contributed by atoms with Crippen LogP contribution in [0.1, 0.15) is 55.6 Å². The molecule has 0 fully saturated rings. The monoisotopic (exact) mass is 1280 g/mol. The van der Waals surface area contributed by atoms with Crippen molar-refractivity contribution in [3.05, 3.63) is 420 Å². The number of ether oxygens (including phenoxy) is 2. The summed E-state index contributed by atoms with van der Waals surface area (Å²) in [5, 5.41) is 0. The molecule has 0 saturated carbocycles. The van der Waals surface area contributed by atoms with Crippen LogP contribution in [0.3, 0.4) is 0 Å². The quantitative estimate of drug-likeness (QED) is 0.0849. The van der Waals surface area contributed by atoms with Gasteiger partial charge in [0.25, 0.3) is 0 Å². The summed E-state index contributed by atoms with van der Waals surface area (Å²) in [5.74, 6) is 1.24. The van der Waals surface area contributed by atoms with E-state index in [0.717, 1.165) is 112 Å². The maximum Gasteiger partial charge on any atom is 0.127 e. The minimum atomic E-state index is -0.918. The highest BCUT2D eigenvalue weighted by molar-refractivity contribution is 5.92. The summed E-state index contributed by atoms with van der Waals surface area (Å²) in [6.07, 6.45) is 3.58. The Morgan fingerprint density at radius 2 is 0.561 bits per heavy atom. The van der Waals surface area contributed by atoms with Crippen LogP contribution in [-0.2, 0) is 10.8 Å². The van der Waals surface area contributed by atoms with Crippen molar-refractivity contribution < 1.29 is 27.0 Å². The van der Waals surface area contributed by atoms with Gasteiger partial charge in [0.1, 0.15) is 46.3 Å². The number of hydrogen-bond donors (Lipinski definition) is 0. The molecular weight excluding hydrogens is 1220 g/mol. The van der Waals surface area contributed by atoms with Crippen molar-refractivity contribution in [1.82, 2.24) is 0 Å². The van der Waals surface area contributed by atoms with Gasteiger partial charge in [-0.25, -0.2) is 17.6 Å². The summed E-state index contributed by atoms with van der Waals surface area (Å²) < 4.78 is 74.2. The van der Waals surface area contributed by atoms with Gasteiger partial charge in [0.05, 0.1) is 10.8 Å². The normalized spacial score (nSPS) is 14.7. The van der Waals surface area contributed by atoms with Crippen molar-refractivity contribution in [3.63, 3.8) is 0 Å². The van der Waals surface area contributed by atoms with Gasteiger partial charge in [0, 0.05) is 34.1 Å². The number of anilines is 6. The molecule has 2 aliphatic rings. The number of hydrogen-bond acceptors (Lipinski definition) is 4. The van der Waals surface area contributed by atoms with Crippen molar-refractivity contribution in [2.75, 3.05) is 9.80 Å². The van der Waals surface area contributed by atoms with Crippen molar-refractivity contribution in [2.45, 2.75) is 10.8 Å². The average Bonchev–Trinajstić information content (AvgIpc) is 1.53. The Labute approximate surface area is 566 Å². The number of benzene rings is 14. The van der Waals surface area contributed by atoms with E-state index < -0.39 is 10.8 Å². The van der Waals surface area contributed by atoms with Crippen molar-refractivity contribution in [1.29, 1.82) is 0 Å². The predicted molar refractivity (Wildman–Crippen MR) is 389 cm³/mol. The van der Waals surface area contributed by atoms with Crippen LogP contribution in [0.15, 0.2) is 341 Å². The molecule has 0 spiro atoms. The minimum absolute atomic E-state index is 0.343. The van der Waals surface area contributed by atoms with Crippen molar-refractivity contribution in [3.8, 4) is 56.4 Å². The van der Waals surface area contributed by atoms with Crippen LogP contribution in [-0.4, -0.2) is 0 Å². The third kappa shape index (κ3) is 10.6. The molecule has 2 atom stereocenters. The number of fused-ring (bicyclic) bond motifs is 6. The topological polar surface area (TPSA) is 24.9 Å². The molecule has 0 aliphatic heterocycles. The van der Waals surface area contributed by atoms with E-state index in [4.69, 9.17) is 9.47 Å². The zero-order chi connectivity index (χ0) is 66.5. The van der Waals surface area contributed by atoms with Crippen LogP contribution in [0.4, 0.5) is 51.7 Å². The van der Waals surface area contributed by atoms with Gasteiger partial charge in [-0.3, -0.25) is 0 Å². The van der Waals surface area contributed by atoms with Gasteiger partial charge in [-0.15, -0.1) is 0 Å². The first-order chi connectivity index (χ1) is 48.0. The second kappa shape index (κ2) is 25.0. The summed E-state index contributed by atoms with van der Waals surface area (Å²) in [5.41, 5.74) is 18.2. The SMILES string of the molecule is C=Cc1ccc(Oc2ccc(C3(c4ccc(F)cc4)c4ccccc4-c4ccc(N(c5ccc(-c6ccc(N(c7cccc(F)c7)c7ccc8c(c7)[C@@](c7ccc(F)cc7)(c7ccc(Oc9ccc(C=C)cc9)cc7)c7ccccc7-8)cc6)cc5)c5cccc(F)c5)cc43)cc2)cc1. The van der Waals surface area contributed by atoms with E-state index in [1.54, 1.807) is 24.3 Å². The molecule has 0 N–H and O–H groups in total. The molecule has 4 nitrogen and oxygen atoms in total. The average molecular weight is 1280 g/mol. The highest BCUT2D eigenvalue weighted by atomic mass is 19.1. The molecule has 0 heterocycles. The summed E-state index contributed by atoms with van der Waals surface area (Å²) in [7, 11) is 0. The molecule has 0 bridgehead atoms. The molecule has 14 aromatic carbocycles. The van der Waals surface area contributed by atoms with Crippen LogP contribution in [0, 0.1) is 23.3 Å². The van der Waals surface area contributed by atoms with Crippen LogP contribution in [0.5, 0.6) is 23.0 Å². The Morgan fingerprint density at radius 3 is 0.908 bits per heavy atom. The lowest BCUT2D eigenvalue weighted by atomic mass is 9.67. The Bertz CT molecular complexity index is 4990. The van der Waals surface area contributed by atoms with Crippen LogP contribution in [0.25, 0.3) is 45.5 Å². The second-order valence-electron chi connectivity index (χ2n) is 24.6. The molecule has 98 heavy (non-hydrogen) atoms. The van der Waals surface area contributed by atoms with Crippen molar-refractivity contribution >= 4 is 46.3 Å². The maximum absolute atomic E-state index is 15.6. The Hall–Kier alpha value is -12.5. The van der Waals surface area contributed by atoms with Crippen LogP contribution >= 0.6 is 0 Å². The predicted octanol–water partition coefficient (Wildman–Crippen LogP) is 24.4. The number of halogens is 4. The first kappa shape index (κ1) is 60.4. The Morgan fingerprint density at radius 1 is 0.255 bits per heavy atom.